The van der Waals surface area contributed by atoms with Crippen LogP contribution in [0.4, 0.5) is 0 Å². The topological polar surface area (TPSA) is 88.1 Å². The van der Waals surface area contributed by atoms with Gasteiger partial charge in [-0.1, -0.05) is 24.3 Å². The summed E-state index contributed by atoms with van der Waals surface area (Å²) in [4.78, 5) is 18.3. The Kier molecular flexibility index (Phi) is 6.16. The molecule has 0 aliphatic rings. The second-order valence-electron chi connectivity index (χ2n) is 8.34. The lowest BCUT2D eigenvalue weighted by Gasteiger charge is -2.15. The van der Waals surface area contributed by atoms with E-state index >= 15 is 0 Å². The monoisotopic (exact) mass is 483 g/mol. The van der Waals surface area contributed by atoms with Gasteiger partial charge in [0.05, 0.1) is 42.8 Å². The van der Waals surface area contributed by atoms with E-state index in [1.165, 1.54) is 4.68 Å². The highest BCUT2D eigenvalue weighted by Gasteiger charge is 2.18. The highest BCUT2D eigenvalue weighted by atomic mass is 16.5. The largest absolute Gasteiger partial charge is 0.496 e. The van der Waals surface area contributed by atoms with Crippen molar-refractivity contribution in [3.05, 3.63) is 82.6 Å². The minimum Gasteiger partial charge on any atom is -0.496 e. The molecule has 0 N–H and O–H groups in total. The summed E-state index contributed by atoms with van der Waals surface area (Å²) in [6, 6.07) is 19.9. The third kappa shape index (κ3) is 4.17. The second kappa shape index (κ2) is 9.58. The maximum absolute atomic E-state index is 13.6. The van der Waals surface area contributed by atoms with Crippen LogP contribution in [0.1, 0.15) is 19.4 Å². The van der Waals surface area contributed by atoms with Crippen molar-refractivity contribution in [3.8, 4) is 28.8 Å². The Morgan fingerprint density at radius 1 is 0.944 bits per heavy atom. The number of ether oxygens (including phenoxy) is 3. The van der Waals surface area contributed by atoms with Crippen molar-refractivity contribution in [2.45, 2.75) is 20.0 Å². The Morgan fingerprint density at radius 2 is 1.69 bits per heavy atom. The molecule has 3 aromatic carbocycles. The van der Waals surface area contributed by atoms with E-state index in [0.717, 1.165) is 5.39 Å². The smallest absolute Gasteiger partial charge is 0.282 e. The van der Waals surface area contributed by atoms with Gasteiger partial charge in [0.15, 0.2) is 17.3 Å². The van der Waals surface area contributed by atoms with Gasteiger partial charge in [-0.25, -0.2) is 4.98 Å². The van der Waals surface area contributed by atoms with Gasteiger partial charge in [-0.05, 0) is 56.3 Å². The van der Waals surface area contributed by atoms with Crippen LogP contribution in [0.25, 0.3) is 33.5 Å². The van der Waals surface area contributed by atoms with E-state index in [1.54, 1.807) is 44.7 Å². The first-order chi connectivity index (χ1) is 17.5. The predicted octanol–water partition coefficient (Wildman–Crippen LogP) is 5.50. The van der Waals surface area contributed by atoms with E-state index in [0.29, 0.717) is 45.1 Å². The molecular formula is C28H25N3O5. The molecule has 0 bridgehead atoms. The molecule has 8 nitrogen and oxygen atoms in total. The average molecular weight is 484 g/mol. The first kappa shape index (κ1) is 23.2. The molecule has 8 heteroatoms. The van der Waals surface area contributed by atoms with E-state index in [4.69, 9.17) is 23.6 Å². The molecule has 0 saturated carbocycles. The van der Waals surface area contributed by atoms with Crippen molar-refractivity contribution >= 4 is 28.1 Å². The lowest BCUT2D eigenvalue weighted by atomic mass is 10.2. The molecule has 36 heavy (non-hydrogen) atoms. The highest BCUT2D eigenvalue weighted by Crippen LogP contribution is 2.33. The van der Waals surface area contributed by atoms with Gasteiger partial charge in [0.2, 0.25) is 5.82 Å². The first-order valence-corrected chi connectivity index (χ1v) is 11.5. The zero-order valence-corrected chi connectivity index (χ0v) is 20.4. The summed E-state index contributed by atoms with van der Waals surface area (Å²) in [7, 11) is 3.18. The maximum atomic E-state index is 13.6. The van der Waals surface area contributed by atoms with Gasteiger partial charge in [0, 0.05) is 5.56 Å². The van der Waals surface area contributed by atoms with Gasteiger partial charge in [0.1, 0.15) is 11.3 Å². The van der Waals surface area contributed by atoms with Crippen molar-refractivity contribution in [2.24, 2.45) is 5.10 Å². The van der Waals surface area contributed by atoms with Crippen LogP contribution in [-0.4, -0.2) is 36.2 Å². The standard InChI is InChI=1S/C28H25N3O5/c1-17(2)35-26-18(9-7-14-24(26)34-4)16-29-31-27(30-21-11-6-5-10-19(21)28(31)32)25-15-20-22(33-3)12-8-13-23(20)36-25/h5-17H,1-4H3. The van der Waals surface area contributed by atoms with E-state index < -0.39 is 0 Å². The zero-order chi connectivity index (χ0) is 25.2. The summed E-state index contributed by atoms with van der Waals surface area (Å²) in [6.45, 7) is 3.86. The lowest BCUT2D eigenvalue weighted by Crippen LogP contribution is -2.20. The van der Waals surface area contributed by atoms with Crippen LogP contribution in [0.2, 0.25) is 0 Å². The van der Waals surface area contributed by atoms with Crippen molar-refractivity contribution < 1.29 is 18.6 Å². The van der Waals surface area contributed by atoms with Crippen molar-refractivity contribution in [2.75, 3.05) is 14.2 Å². The van der Waals surface area contributed by atoms with Crippen molar-refractivity contribution in [1.29, 1.82) is 0 Å². The third-order valence-electron chi connectivity index (χ3n) is 5.61. The minimum atomic E-state index is -0.325. The quantitative estimate of drug-likeness (QED) is 0.284. The number of hydrogen-bond donors (Lipinski definition) is 0. The van der Waals surface area contributed by atoms with Gasteiger partial charge < -0.3 is 18.6 Å². The van der Waals surface area contributed by atoms with Gasteiger partial charge in [-0.2, -0.15) is 9.78 Å². The van der Waals surface area contributed by atoms with Crippen LogP contribution in [-0.2, 0) is 0 Å². The number of para-hydroxylation sites is 2. The summed E-state index contributed by atoms with van der Waals surface area (Å²) >= 11 is 0. The third-order valence-corrected chi connectivity index (χ3v) is 5.61. The average Bonchev–Trinajstić information content (AvgIpc) is 3.33. The van der Waals surface area contributed by atoms with Crippen LogP contribution < -0.4 is 19.8 Å². The predicted molar refractivity (Wildman–Crippen MR) is 140 cm³/mol. The summed E-state index contributed by atoms with van der Waals surface area (Å²) in [5.74, 6) is 2.42. The minimum absolute atomic E-state index is 0.0837. The number of nitrogens with zero attached hydrogens (tertiary/aromatic N) is 3. The molecule has 0 saturated heterocycles. The molecule has 0 amide bonds. The zero-order valence-electron chi connectivity index (χ0n) is 20.4. The summed E-state index contributed by atoms with van der Waals surface area (Å²) in [6.07, 6.45) is 1.48. The number of hydrogen-bond acceptors (Lipinski definition) is 7. The van der Waals surface area contributed by atoms with Gasteiger partial charge in [-0.15, -0.1) is 0 Å². The number of methoxy groups -OCH3 is 2. The lowest BCUT2D eigenvalue weighted by molar-refractivity contribution is 0.230. The van der Waals surface area contributed by atoms with Crippen LogP contribution >= 0.6 is 0 Å². The Morgan fingerprint density at radius 3 is 2.47 bits per heavy atom. The molecule has 0 aliphatic carbocycles. The highest BCUT2D eigenvalue weighted by molar-refractivity contribution is 5.89. The van der Waals surface area contributed by atoms with E-state index in [-0.39, 0.29) is 17.5 Å². The van der Waals surface area contributed by atoms with E-state index in [2.05, 4.69) is 5.10 Å². The fourth-order valence-electron chi connectivity index (χ4n) is 3.99. The first-order valence-electron chi connectivity index (χ1n) is 11.5. The molecule has 2 heterocycles. The molecule has 0 unspecified atom stereocenters. The number of furan rings is 1. The van der Waals surface area contributed by atoms with Crippen molar-refractivity contribution in [3.63, 3.8) is 0 Å². The number of rotatable bonds is 7. The Balaban J connectivity index is 1.72. The SMILES string of the molecule is COc1cccc(C=Nn2c(-c3cc4c(OC)cccc4o3)nc3ccccc3c2=O)c1OC(C)C. The normalized spacial score (nSPS) is 11.6. The second-order valence-corrected chi connectivity index (χ2v) is 8.34. The Bertz CT molecular complexity index is 1650. The summed E-state index contributed by atoms with van der Waals surface area (Å²) in [5, 5.41) is 5.76. The summed E-state index contributed by atoms with van der Waals surface area (Å²) < 4.78 is 24.3. The molecule has 0 aliphatic heterocycles. The molecule has 5 rings (SSSR count). The fraction of sp³-hybridized carbons (Fsp3) is 0.179. The van der Waals surface area contributed by atoms with Gasteiger partial charge in [0.25, 0.3) is 5.56 Å². The number of aromatic nitrogens is 2. The Labute approximate surface area is 207 Å². The molecule has 0 radical (unpaired) electrons. The van der Waals surface area contributed by atoms with Gasteiger partial charge in [-0.3, -0.25) is 4.79 Å². The van der Waals surface area contributed by atoms with Crippen LogP contribution in [0.3, 0.4) is 0 Å². The maximum Gasteiger partial charge on any atom is 0.282 e. The summed E-state index contributed by atoms with van der Waals surface area (Å²) in [5.41, 5.74) is 1.48. The number of benzene rings is 3. The van der Waals surface area contributed by atoms with Gasteiger partial charge >= 0.3 is 0 Å². The molecular weight excluding hydrogens is 458 g/mol. The number of fused-ring (bicyclic) bond motifs is 2. The fourth-order valence-corrected chi connectivity index (χ4v) is 3.99. The van der Waals surface area contributed by atoms with E-state index in [9.17, 15) is 4.79 Å². The molecule has 2 aromatic heterocycles. The molecule has 0 atom stereocenters. The van der Waals surface area contributed by atoms with Crippen LogP contribution in [0, 0.1) is 0 Å². The molecule has 182 valence electrons. The van der Waals surface area contributed by atoms with Crippen LogP contribution in [0.15, 0.2) is 81.0 Å². The van der Waals surface area contributed by atoms with Crippen molar-refractivity contribution in [1.82, 2.24) is 9.66 Å². The Hall–Kier alpha value is -4.59. The molecule has 0 fully saturated rings. The molecule has 5 aromatic rings. The van der Waals surface area contributed by atoms with Crippen LogP contribution in [0.5, 0.6) is 17.2 Å². The van der Waals surface area contributed by atoms with E-state index in [1.807, 2.05) is 56.3 Å². The molecule has 0 spiro atoms.